The van der Waals surface area contributed by atoms with E-state index in [4.69, 9.17) is 4.74 Å². The van der Waals surface area contributed by atoms with Crippen LogP contribution in [-0.2, 0) is 17.6 Å². The summed E-state index contributed by atoms with van der Waals surface area (Å²) in [5, 5.41) is 6.44. The molecule has 0 aromatic heterocycles. The summed E-state index contributed by atoms with van der Waals surface area (Å²) in [5.41, 5.74) is 4.01. The Morgan fingerprint density at radius 3 is 2.36 bits per heavy atom. The molecule has 4 nitrogen and oxygen atoms in total. The fourth-order valence-electron chi connectivity index (χ4n) is 3.17. The minimum absolute atomic E-state index is 0.358. The Kier molecular flexibility index (Phi) is 4.98. The lowest BCUT2D eigenvalue weighted by molar-refractivity contribution is 0.0636. The number of carbonyl (C=O) groups is 1. The smallest absolute Gasteiger partial charge is 0.412 e. The van der Waals surface area contributed by atoms with Crippen molar-refractivity contribution in [3.63, 3.8) is 0 Å². The Morgan fingerprint density at radius 1 is 1.00 bits per heavy atom. The normalized spacial score (nSPS) is 16.7. The topological polar surface area (TPSA) is 50.4 Å². The number of hydrogen-bond acceptors (Lipinski definition) is 3. The highest BCUT2D eigenvalue weighted by atomic mass is 16.6. The molecule has 2 aromatic carbocycles. The third-order valence-corrected chi connectivity index (χ3v) is 4.27. The molecule has 1 aliphatic rings. The van der Waals surface area contributed by atoms with Crippen LogP contribution >= 0.6 is 0 Å². The van der Waals surface area contributed by atoms with E-state index < -0.39 is 11.7 Å². The van der Waals surface area contributed by atoms with E-state index in [1.54, 1.807) is 0 Å². The molecule has 0 aliphatic heterocycles. The molecule has 1 amide bonds. The van der Waals surface area contributed by atoms with Gasteiger partial charge in [-0.15, -0.1) is 0 Å². The van der Waals surface area contributed by atoms with E-state index in [9.17, 15) is 4.79 Å². The van der Waals surface area contributed by atoms with E-state index in [-0.39, 0.29) is 0 Å². The fraction of sp³-hybridized carbons (Fsp3) is 0.381. The molecule has 4 heteroatoms. The second kappa shape index (κ2) is 7.18. The van der Waals surface area contributed by atoms with Crippen LogP contribution in [-0.4, -0.2) is 17.7 Å². The zero-order valence-corrected chi connectivity index (χ0v) is 15.1. The molecule has 0 saturated carbocycles. The molecule has 1 unspecified atom stereocenters. The molecule has 2 aromatic rings. The van der Waals surface area contributed by atoms with Crippen LogP contribution < -0.4 is 10.6 Å². The highest BCUT2D eigenvalue weighted by molar-refractivity contribution is 5.89. The van der Waals surface area contributed by atoms with E-state index in [2.05, 4.69) is 34.9 Å². The van der Waals surface area contributed by atoms with Gasteiger partial charge in [0.25, 0.3) is 0 Å². The monoisotopic (exact) mass is 338 g/mol. The third kappa shape index (κ3) is 4.75. The van der Waals surface area contributed by atoms with Crippen molar-refractivity contribution in [2.24, 2.45) is 0 Å². The largest absolute Gasteiger partial charge is 0.444 e. The van der Waals surface area contributed by atoms with Crippen molar-refractivity contribution in [2.75, 3.05) is 10.6 Å². The Hall–Kier alpha value is -2.49. The molecule has 1 atom stereocenters. The second-order valence-corrected chi connectivity index (χ2v) is 7.53. The molecule has 0 bridgehead atoms. The Bertz CT molecular complexity index is 750. The lowest BCUT2D eigenvalue weighted by Gasteiger charge is -2.27. The predicted molar refractivity (Wildman–Crippen MR) is 102 cm³/mol. The Labute approximate surface area is 149 Å². The Balaban J connectivity index is 1.69. The Morgan fingerprint density at radius 2 is 1.64 bits per heavy atom. The molecule has 0 heterocycles. The van der Waals surface area contributed by atoms with E-state index >= 15 is 0 Å². The van der Waals surface area contributed by atoms with Crippen molar-refractivity contribution in [2.45, 2.75) is 51.7 Å². The molecule has 2 N–H and O–H groups in total. The highest BCUT2D eigenvalue weighted by Gasteiger charge is 2.20. The average Bonchev–Trinajstić information content (AvgIpc) is 2.55. The quantitative estimate of drug-likeness (QED) is 0.828. The summed E-state index contributed by atoms with van der Waals surface area (Å²) in [4.78, 5) is 12.1. The van der Waals surface area contributed by atoms with Crippen LogP contribution in [0.1, 0.15) is 38.3 Å². The lowest BCUT2D eigenvalue weighted by Crippen LogP contribution is -2.29. The highest BCUT2D eigenvalue weighted by Crippen LogP contribution is 2.27. The van der Waals surface area contributed by atoms with Crippen LogP contribution in [0.5, 0.6) is 0 Å². The van der Waals surface area contributed by atoms with Crippen LogP contribution in [0.25, 0.3) is 0 Å². The van der Waals surface area contributed by atoms with Gasteiger partial charge in [0.1, 0.15) is 5.60 Å². The molecular formula is C21H26N2O2. The molecule has 3 rings (SSSR count). The van der Waals surface area contributed by atoms with E-state index in [1.807, 2.05) is 45.0 Å². The minimum Gasteiger partial charge on any atom is -0.444 e. The van der Waals surface area contributed by atoms with Gasteiger partial charge in [0.05, 0.1) is 11.4 Å². The van der Waals surface area contributed by atoms with Crippen molar-refractivity contribution in [3.8, 4) is 0 Å². The lowest BCUT2D eigenvalue weighted by atomic mass is 9.88. The number of ether oxygens (including phenoxy) is 1. The molecular weight excluding hydrogens is 312 g/mol. The maximum Gasteiger partial charge on any atom is 0.412 e. The van der Waals surface area contributed by atoms with Gasteiger partial charge in [0.2, 0.25) is 0 Å². The van der Waals surface area contributed by atoms with Crippen molar-refractivity contribution < 1.29 is 9.53 Å². The first kappa shape index (κ1) is 17.3. The third-order valence-electron chi connectivity index (χ3n) is 4.27. The van der Waals surface area contributed by atoms with Crippen molar-refractivity contribution in [1.29, 1.82) is 0 Å². The van der Waals surface area contributed by atoms with E-state index in [0.29, 0.717) is 6.04 Å². The van der Waals surface area contributed by atoms with Crippen molar-refractivity contribution >= 4 is 17.5 Å². The molecule has 0 spiro atoms. The van der Waals surface area contributed by atoms with Crippen LogP contribution in [0.4, 0.5) is 16.2 Å². The van der Waals surface area contributed by atoms with E-state index in [0.717, 1.165) is 30.6 Å². The number of anilines is 2. The molecule has 0 radical (unpaired) electrons. The summed E-state index contributed by atoms with van der Waals surface area (Å²) in [5.74, 6) is 0. The maximum atomic E-state index is 12.1. The zero-order valence-electron chi connectivity index (χ0n) is 15.1. The van der Waals surface area contributed by atoms with Gasteiger partial charge >= 0.3 is 6.09 Å². The number of hydrogen-bond donors (Lipinski definition) is 2. The maximum absolute atomic E-state index is 12.1. The number of aryl methyl sites for hydroxylation is 1. The van der Waals surface area contributed by atoms with Gasteiger partial charge in [-0.25, -0.2) is 4.79 Å². The molecule has 25 heavy (non-hydrogen) atoms. The van der Waals surface area contributed by atoms with Crippen LogP contribution in [0.3, 0.4) is 0 Å². The summed E-state index contributed by atoms with van der Waals surface area (Å²) in [6.45, 7) is 5.57. The predicted octanol–water partition coefficient (Wildman–Crippen LogP) is 5.00. The zero-order chi connectivity index (χ0) is 17.9. The van der Waals surface area contributed by atoms with Crippen LogP contribution in [0.2, 0.25) is 0 Å². The first-order chi connectivity index (χ1) is 11.9. The standard InChI is InChI=1S/C21H26N2O2/c1-21(2,3)25-20(24)23-19-11-7-6-10-18(19)22-17-13-12-15-8-4-5-9-16(15)14-17/h4-11,17,22H,12-14H2,1-3H3,(H,23,24). The summed E-state index contributed by atoms with van der Waals surface area (Å²) < 4.78 is 5.36. The second-order valence-electron chi connectivity index (χ2n) is 7.53. The van der Waals surface area contributed by atoms with E-state index in [1.165, 1.54) is 11.1 Å². The van der Waals surface area contributed by atoms with Gasteiger partial charge in [-0.1, -0.05) is 36.4 Å². The SMILES string of the molecule is CC(C)(C)OC(=O)Nc1ccccc1NC1CCc2ccccc2C1. The van der Waals surface area contributed by atoms with Gasteiger partial charge in [0, 0.05) is 6.04 Å². The number of nitrogens with one attached hydrogen (secondary N) is 2. The number of benzene rings is 2. The number of fused-ring (bicyclic) bond motifs is 1. The van der Waals surface area contributed by atoms with Crippen LogP contribution in [0.15, 0.2) is 48.5 Å². The first-order valence-electron chi connectivity index (χ1n) is 8.83. The average molecular weight is 338 g/mol. The summed E-state index contributed by atoms with van der Waals surface area (Å²) >= 11 is 0. The number of para-hydroxylation sites is 2. The molecule has 1 aliphatic carbocycles. The summed E-state index contributed by atoms with van der Waals surface area (Å²) in [7, 11) is 0. The van der Waals surface area contributed by atoms with Crippen molar-refractivity contribution in [1.82, 2.24) is 0 Å². The van der Waals surface area contributed by atoms with Crippen molar-refractivity contribution in [3.05, 3.63) is 59.7 Å². The number of carbonyl (C=O) groups excluding carboxylic acids is 1. The number of rotatable bonds is 3. The van der Waals surface area contributed by atoms with Gasteiger partial charge in [-0.2, -0.15) is 0 Å². The summed E-state index contributed by atoms with van der Waals surface area (Å²) in [6, 6.07) is 16.7. The molecule has 0 saturated heterocycles. The summed E-state index contributed by atoms with van der Waals surface area (Å²) in [6.07, 6.45) is 2.72. The van der Waals surface area contributed by atoms with Gasteiger partial charge in [-0.05, 0) is 63.3 Å². The number of amides is 1. The fourth-order valence-corrected chi connectivity index (χ4v) is 3.17. The van der Waals surface area contributed by atoms with Crippen LogP contribution in [0, 0.1) is 0 Å². The van der Waals surface area contributed by atoms with Gasteiger partial charge in [-0.3, -0.25) is 5.32 Å². The molecule has 0 fully saturated rings. The van der Waals surface area contributed by atoms with Gasteiger partial charge < -0.3 is 10.1 Å². The molecule has 132 valence electrons. The van der Waals surface area contributed by atoms with Gasteiger partial charge in [0.15, 0.2) is 0 Å². The first-order valence-corrected chi connectivity index (χ1v) is 8.83. The minimum atomic E-state index is -0.514.